The fraction of sp³-hybridized carbons (Fsp3) is 0.538. The van der Waals surface area contributed by atoms with Crippen molar-refractivity contribution in [2.24, 2.45) is 0 Å². The SMILES string of the molecule is CC(C)(O)CC(C)(C)P(=O)(O)c1ccccc1. The monoisotopic (exact) mass is 256 g/mol. The van der Waals surface area contributed by atoms with E-state index in [1.54, 1.807) is 52.0 Å². The summed E-state index contributed by atoms with van der Waals surface area (Å²) in [5.41, 5.74) is -0.962. The van der Waals surface area contributed by atoms with Crippen LogP contribution in [0.5, 0.6) is 0 Å². The Morgan fingerprint density at radius 3 is 2.00 bits per heavy atom. The molecule has 0 bridgehead atoms. The molecule has 0 saturated carbocycles. The van der Waals surface area contributed by atoms with Gasteiger partial charge >= 0.3 is 0 Å². The van der Waals surface area contributed by atoms with Gasteiger partial charge in [-0.1, -0.05) is 32.0 Å². The molecule has 1 rings (SSSR count). The van der Waals surface area contributed by atoms with Crippen LogP contribution in [0.3, 0.4) is 0 Å². The zero-order chi connectivity index (χ0) is 13.3. The molecule has 0 aliphatic carbocycles. The molecule has 0 aliphatic heterocycles. The fourth-order valence-corrected chi connectivity index (χ4v) is 4.02. The smallest absolute Gasteiger partial charge is 0.235 e. The molecule has 0 fully saturated rings. The van der Waals surface area contributed by atoms with Gasteiger partial charge in [0.05, 0.1) is 5.60 Å². The Balaban J connectivity index is 3.10. The third kappa shape index (κ3) is 3.41. The summed E-state index contributed by atoms with van der Waals surface area (Å²) in [4.78, 5) is 10.3. The summed E-state index contributed by atoms with van der Waals surface area (Å²) < 4.78 is 12.6. The molecule has 0 saturated heterocycles. The van der Waals surface area contributed by atoms with Crippen molar-refractivity contribution >= 4 is 12.7 Å². The average molecular weight is 256 g/mol. The van der Waals surface area contributed by atoms with Crippen LogP contribution in [0.4, 0.5) is 0 Å². The molecule has 0 heterocycles. The molecule has 0 aliphatic rings. The quantitative estimate of drug-likeness (QED) is 0.814. The first-order valence-electron chi connectivity index (χ1n) is 5.67. The predicted octanol–water partition coefficient (Wildman–Crippen LogP) is 2.52. The number of hydrogen-bond acceptors (Lipinski definition) is 2. The summed E-state index contributed by atoms with van der Waals surface area (Å²) >= 11 is 0. The van der Waals surface area contributed by atoms with Gasteiger partial charge in [0.15, 0.2) is 0 Å². The van der Waals surface area contributed by atoms with Gasteiger partial charge in [-0.05, 0) is 32.4 Å². The highest BCUT2D eigenvalue weighted by Gasteiger charge is 2.43. The van der Waals surface area contributed by atoms with Crippen molar-refractivity contribution in [3.63, 3.8) is 0 Å². The lowest BCUT2D eigenvalue weighted by molar-refractivity contribution is 0.0603. The van der Waals surface area contributed by atoms with E-state index in [4.69, 9.17) is 0 Å². The van der Waals surface area contributed by atoms with Crippen molar-refractivity contribution < 1.29 is 14.6 Å². The van der Waals surface area contributed by atoms with Crippen molar-refractivity contribution in [1.29, 1.82) is 0 Å². The van der Waals surface area contributed by atoms with Crippen LogP contribution in [0.2, 0.25) is 0 Å². The number of aliphatic hydroxyl groups is 1. The van der Waals surface area contributed by atoms with E-state index in [-0.39, 0.29) is 6.42 Å². The summed E-state index contributed by atoms with van der Waals surface area (Å²) in [5, 5.41) is 9.42. The second-order valence-electron chi connectivity index (χ2n) is 5.71. The van der Waals surface area contributed by atoms with E-state index < -0.39 is 18.1 Å². The standard InChI is InChI=1S/C13H21O3P/c1-12(2,14)10-13(3,4)17(15,16)11-8-6-5-7-9-11/h5-9,14H,10H2,1-4H3,(H,15,16). The summed E-state index contributed by atoms with van der Waals surface area (Å²) in [6, 6.07) is 8.63. The molecule has 2 N–H and O–H groups in total. The zero-order valence-corrected chi connectivity index (χ0v) is 11.7. The summed E-state index contributed by atoms with van der Waals surface area (Å²) in [6.07, 6.45) is 0.267. The third-order valence-corrected chi connectivity index (χ3v) is 5.59. The van der Waals surface area contributed by atoms with Gasteiger partial charge in [-0.25, -0.2) is 0 Å². The minimum atomic E-state index is -3.50. The lowest BCUT2D eigenvalue weighted by atomic mass is 9.96. The Hall–Kier alpha value is -0.630. The van der Waals surface area contributed by atoms with Crippen LogP contribution in [-0.4, -0.2) is 20.8 Å². The Kier molecular flexibility index (Phi) is 3.87. The van der Waals surface area contributed by atoms with Crippen molar-refractivity contribution in [3.05, 3.63) is 30.3 Å². The molecule has 17 heavy (non-hydrogen) atoms. The number of hydrogen-bond donors (Lipinski definition) is 2. The average Bonchev–Trinajstić information content (AvgIpc) is 2.15. The highest BCUT2D eigenvalue weighted by Crippen LogP contribution is 2.56. The first kappa shape index (κ1) is 14.4. The largest absolute Gasteiger partial charge is 0.390 e. The Morgan fingerprint density at radius 2 is 1.59 bits per heavy atom. The zero-order valence-electron chi connectivity index (χ0n) is 10.8. The highest BCUT2D eigenvalue weighted by atomic mass is 31.2. The van der Waals surface area contributed by atoms with E-state index in [9.17, 15) is 14.6 Å². The molecule has 3 nitrogen and oxygen atoms in total. The molecule has 0 amide bonds. The van der Waals surface area contributed by atoms with Gasteiger partial charge in [0, 0.05) is 10.5 Å². The first-order valence-corrected chi connectivity index (χ1v) is 7.33. The normalized spacial score (nSPS) is 16.6. The summed E-state index contributed by atoms with van der Waals surface area (Å²) in [6.45, 7) is 6.75. The van der Waals surface area contributed by atoms with E-state index in [1.807, 2.05) is 6.07 Å². The molecule has 0 spiro atoms. The summed E-state index contributed by atoms with van der Waals surface area (Å²) in [7, 11) is -3.50. The molecule has 4 heteroatoms. The molecule has 0 aromatic heterocycles. The second-order valence-corrected chi connectivity index (χ2v) is 8.59. The lowest BCUT2D eigenvalue weighted by Crippen LogP contribution is -2.35. The molecule has 1 unspecified atom stereocenters. The van der Waals surface area contributed by atoms with Crippen LogP contribution in [0.1, 0.15) is 34.1 Å². The van der Waals surface area contributed by atoms with Crippen molar-refractivity contribution in [2.45, 2.75) is 44.9 Å². The van der Waals surface area contributed by atoms with Gasteiger partial charge < -0.3 is 10.00 Å². The molecule has 1 aromatic rings. The van der Waals surface area contributed by atoms with Gasteiger partial charge in [-0.2, -0.15) is 0 Å². The topological polar surface area (TPSA) is 57.5 Å². The van der Waals surface area contributed by atoms with Gasteiger partial charge in [0.1, 0.15) is 0 Å². The predicted molar refractivity (Wildman–Crippen MR) is 70.9 cm³/mol. The minimum Gasteiger partial charge on any atom is -0.390 e. The van der Waals surface area contributed by atoms with Crippen LogP contribution in [0, 0.1) is 0 Å². The van der Waals surface area contributed by atoms with Crippen molar-refractivity contribution in [3.8, 4) is 0 Å². The third-order valence-electron chi connectivity index (χ3n) is 2.79. The van der Waals surface area contributed by atoms with Crippen molar-refractivity contribution in [2.75, 3.05) is 0 Å². The van der Waals surface area contributed by atoms with Gasteiger partial charge in [-0.3, -0.25) is 4.57 Å². The maximum Gasteiger partial charge on any atom is 0.235 e. The van der Waals surface area contributed by atoms with E-state index in [1.165, 1.54) is 0 Å². The molecular weight excluding hydrogens is 235 g/mol. The van der Waals surface area contributed by atoms with Crippen molar-refractivity contribution in [1.82, 2.24) is 0 Å². The number of benzene rings is 1. The highest BCUT2D eigenvalue weighted by molar-refractivity contribution is 7.67. The molecule has 1 aromatic carbocycles. The van der Waals surface area contributed by atoms with Crippen LogP contribution in [0.25, 0.3) is 0 Å². The second kappa shape index (κ2) is 4.56. The maximum atomic E-state index is 12.6. The number of rotatable bonds is 4. The first-order chi connectivity index (χ1) is 7.56. The van der Waals surface area contributed by atoms with Gasteiger partial charge in [-0.15, -0.1) is 0 Å². The Morgan fingerprint density at radius 1 is 1.12 bits per heavy atom. The van der Waals surface area contributed by atoms with Crippen LogP contribution < -0.4 is 5.30 Å². The molecule has 96 valence electrons. The van der Waals surface area contributed by atoms with Gasteiger partial charge in [0.25, 0.3) is 0 Å². The minimum absolute atomic E-state index is 0.267. The van der Waals surface area contributed by atoms with Gasteiger partial charge in [0.2, 0.25) is 7.37 Å². The fourth-order valence-electron chi connectivity index (χ4n) is 2.15. The molecule has 1 atom stereocenters. The Labute approximate surface area is 103 Å². The Bertz CT molecular complexity index is 418. The van der Waals surface area contributed by atoms with Crippen LogP contribution in [0.15, 0.2) is 30.3 Å². The van der Waals surface area contributed by atoms with Crippen LogP contribution in [-0.2, 0) is 4.57 Å². The molecule has 0 radical (unpaired) electrons. The van der Waals surface area contributed by atoms with Crippen LogP contribution >= 0.6 is 7.37 Å². The molecular formula is C13H21O3P. The van der Waals surface area contributed by atoms with E-state index in [0.717, 1.165) is 0 Å². The van der Waals surface area contributed by atoms with E-state index in [2.05, 4.69) is 0 Å². The maximum absolute atomic E-state index is 12.6. The summed E-state index contributed by atoms with van der Waals surface area (Å²) in [5.74, 6) is 0. The lowest BCUT2D eigenvalue weighted by Gasteiger charge is -2.35. The van der Waals surface area contributed by atoms with E-state index in [0.29, 0.717) is 5.30 Å². The van der Waals surface area contributed by atoms with E-state index >= 15 is 0 Å².